The lowest BCUT2D eigenvalue weighted by atomic mass is 10.1. The summed E-state index contributed by atoms with van der Waals surface area (Å²) < 4.78 is 13.4. The Morgan fingerprint density at radius 3 is 2.65 bits per heavy atom. The quantitative estimate of drug-likeness (QED) is 0.612. The van der Waals surface area contributed by atoms with Crippen molar-refractivity contribution in [1.82, 2.24) is 0 Å². The average Bonchev–Trinajstić information content (AvgIpc) is 2.26. The third-order valence-corrected chi connectivity index (χ3v) is 2.43. The molecule has 0 spiro atoms. The second kappa shape index (κ2) is 5.58. The maximum Gasteiger partial charge on any atom is 0.272 e. The zero-order chi connectivity index (χ0) is 13.0. The molecular formula is C11H15FN2O3. The molecule has 1 aromatic rings. The van der Waals surface area contributed by atoms with Gasteiger partial charge in [0, 0.05) is 12.6 Å². The number of nitro benzene ring substituents is 1. The fourth-order valence-electron chi connectivity index (χ4n) is 1.21. The van der Waals surface area contributed by atoms with Gasteiger partial charge in [-0.2, -0.15) is 0 Å². The van der Waals surface area contributed by atoms with Gasteiger partial charge in [0.15, 0.2) is 5.82 Å². The van der Waals surface area contributed by atoms with E-state index in [-0.39, 0.29) is 23.8 Å². The van der Waals surface area contributed by atoms with Crippen LogP contribution in [-0.4, -0.2) is 22.7 Å². The standard InChI is InChI=1S/C11H15FN2O3/c1-7(2)11(15)6-13-10-4-3-8(14(16)17)5-9(10)12/h3-5,7,11,13,15H,6H2,1-2H3. The van der Waals surface area contributed by atoms with E-state index in [1.54, 1.807) is 0 Å². The molecule has 2 N–H and O–H groups in total. The summed E-state index contributed by atoms with van der Waals surface area (Å²) >= 11 is 0. The maximum absolute atomic E-state index is 13.4. The topological polar surface area (TPSA) is 75.4 Å². The fourth-order valence-corrected chi connectivity index (χ4v) is 1.21. The lowest BCUT2D eigenvalue weighted by Gasteiger charge is -2.16. The van der Waals surface area contributed by atoms with Gasteiger partial charge in [-0.15, -0.1) is 0 Å². The van der Waals surface area contributed by atoms with Gasteiger partial charge in [0.1, 0.15) is 0 Å². The molecule has 0 aromatic heterocycles. The van der Waals surface area contributed by atoms with E-state index in [2.05, 4.69) is 5.32 Å². The smallest absolute Gasteiger partial charge is 0.272 e. The predicted molar refractivity (Wildman–Crippen MR) is 62.4 cm³/mol. The van der Waals surface area contributed by atoms with Gasteiger partial charge in [0.25, 0.3) is 5.69 Å². The van der Waals surface area contributed by atoms with E-state index in [4.69, 9.17) is 0 Å². The van der Waals surface area contributed by atoms with E-state index in [1.165, 1.54) is 12.1 Å². The van der Waals surface area contributed by atoms with Crippen LogP contribution in [0.3, 0.4) is 0 Å². The summed E-state index contributed by atoms with van der Waals surface area (Å²) in [6.45, 7) is 3.89. The highest BCUT2D eigenvalue weighted by Gasteiger charge is 2.13. The Morgan fingerprint density at radius 2 is 2.18 bits per heavy atom. The summed E-state index contributed by atoms with van der Waals surface area (Å²) in [5.74, 6) is -0.640. The van der Waals surface area contributed by atoms with Crippen LogP contribution >= 0.6 is 0 Å². The van der Waals surface area contributed by atoms with Crippen LogP contribution in [0.1, 0.15) is 13.8 Å². The minimum absolute atomic E-state index is 0.0589. The average molecular weight is 242 g/mol. The highest BCUT2D eigenvalue weighted by molar-refractivity contribution is 5.50. The van der Waals surface area contributed by atoms with Crippen LogP contribution in [0.4, 0.5) is 15.8 Å². The molecule has 0 radical (unpaired) electrons. The van der Waals surface area contributed by atoms with Crippen LogP contribution in [0.2, 0.25) is 0 Å². The molecule has 17 heavy (non-hydrogen) atoms. The first-order valence-electron chi connectivity index (χ1n) is 5.27. The molecule has 0 fully saturated rings. The molecule has 1 rings (SSSR count). The van der Waals surface area contributed by atoms with Gasteiger partial charge in [-0.25, -0.2) is 4.39 Å². The number of rotatable bonds is 5. The molecule has 0 bridgehead atoms. The number of hydrogen-bond donors (Lipinski definition) is 2. The number of aliphatic hydroxyl groups excluding tert-OH is 1. The van der Waals surface area contributed by atoms with E-state index in [1.807, 2.05) is 13.8 Å². The zero-order valence-corrected chi connectivity index (χ0v) is 9.68. The van der Waals surface area contributed by atoms with E-state index < -0.39 is 16.8 Å². The molecule has 1 aromatic carbocycles. The summed E-state index contributed by atoms with van der Waals surface area (Å²) in [6, 6.07) is 3.36. The predicted octanol–water partition coefficient (Wildman–Crippen LogP) is 2.16. The molecule has 0 heterocycles. The minimum Gasteiger partial charge on any atom is -0.391 e. The second-order valence-corrected chi connectivity index (χ2v) is 4.11. The number of nitrogens with one attached hydrogen (secondary N) is 1. The molecule has 0 aliphatic rings. The number of nitro groups is 1. The van der Waals surface area contributed by atoms with E-state index in [0.29, 0.717) is 0 Å². The van der Waals surface area contributed by atoms with Crippen molar-refractivity contribution < 1.29 is 14.4 Å². The molecule has 1 unspecified atom stereocenters. The molecule has 94 valence electrons. The van der Waals surface area contributed by atoms with Crippen molar-refractivity contribution in [2.24, 2.45) is 5.92 Å². The lowest BCUT2D eigenvalue weighted by molar-refractivity contribution is -0.385. The van der Waals surface area contributed by atoms with Crippen molar-refractivity contribution in [3.63, 3.8) is 0 Å². The Bertz CT molecular complexity index is 410. The number of non-ortho nitro benzene ring substituents is 1. The van der Waals surface area contributed by atoms with Gasteiger partial charge in [-0.05, 0) is 12.0 Å². The normalized spacial score (nSPS) is 12.5. The van der Waals surface area contributed by atoms with Crippen LogP contribution < -0.4 is 5.32 Å². The van der Waals surface area contributed by atoms with Crippen LogP contribution in [0.15, 0.2) is 18.2 Å². The highest BCUT2D eigenvalue weighted by Crippen LogP contribution is 2.20. The molecule has 0 amide bonds. The van der Waals surface area contributed by atoms with Crippen molar-refractivity contribution in [2.45, 2.75) is 20.0 Å². The number of anilines is 1. The zero-order valence-electron chi connectivity index (χ0n) is 9.68. The first kappa shape index (κ1) is 13.4. The Kier molecular flexibility index (Phi) is 4.39. The number of halogens is 1. The monoisotopic (exact) mass is 242 g/mol. The van der Waals surface area contributed by atoms with Crippen molar-refractivity contribution in [1.29, 1.82) is 0 Å². The van der Waals surface area contributed by atoms with Crippen molar-refractivity contribution >= 4 is 11.4 Å². The molecule has 5 nitrogen and oxygen atoms in total. The first-order chi connectivity index (χ1) is 7.91. The van der Waals surface area contributed by atoms with Crippen LogP contribution in [-0.2, 0) is 0 Å². The van der Waals surface area contributed by atoms with Crippen LogP contribution in [0.5, 0.6) is 0 Å². The molecule has 1 atom stereocenters. The summed E-state index contributed by atoms with van der Waals surface area (Å²) in [6.07, 6.45) is -0.593. The second-order valence-electron chi connectivity index (χ2n) is 4.11. The van der Waals surface area contributed by atoms with Gasteiger partial charge in [-0.3, -0.25) is 10.1 Å². The summed E-state index contributed by atoms with van der Waals surface area (Å²) in [4.78, 5) is 9.74. The maximum atomic E-state index is 13.4. The first-order valence-corrected chi connectivity index (χ1v) is 5.27. The number of hydrogen-bond acceptors (Lipinski definition) is 4. The Morgan fingerprint density at radius 1 is 1.53 bits per heavy atom. The molecule has 0 aliphatic heterocycles. The summed E-state index contributed by atoms with van der Waals surface area (Å²) in [5, 5.41) is 22.6. The summed E-state index contributed by atoms with van der Waals surface area (Å²) in [5.41, 5.74) is -0.146. The highest BCUT2D eigenvalue weighted by atomic mass is 19.1. The number of nitrogens with zero attached hydrogens (tertiary/aromatic N) is 1. The van der Waals surface area contributed by atoms with Crippen molar-refractivity contribution in [3.8, 4) is 0 Å². The largest absolute Gasteiger partial charge is 0.391 e. The molecule has 0 saturated heterocycles. The number of aliphatic hydroxyl groups is 1. The van der Waals surface area contributed by atoms with Gasteiger partial charge < -0.3 is 10.4 Å². The third kappa shape index (κ3) is 3.67. The van der Waals surface area contributed by atoms with Crippen molar-refractivity contribution in [3.05, 3.63) is 34.1 Å². The number of benzene rings is 1. The summed E-state index contributed by atoms with van der Waals surface area (Å²) in [7, 11) is 0. The van der Waals surface area contributed by atoms with Crippen molar-refractivity contribution in [2.75, 3.05) is 11.9 Å². The fraction of sp³-hybridized carbons (Fsp3) is 0.455. The Balaban J connectivity index is 2.70. The van der Waals surface area contributed by atoms with E-state index in [0.717, 1.165) is 6.07 Å². The van der Waals surface area contributed by atoms with Gasteiger partial charge in [0.05, 0.1) is 22.8 Å². The van der Waals surface area contributed by atoms with Crippen LogP contribution in [0, 0.1) is 21.8 Å². The van der Waals surface area contributed by atoms with Gasteiger partial charge in [0.2, 0.25) is 0 Å². The van der Waals surface area contributed by atoms with Crippen LogP contribution in [0.25, 0.3) is 0 Å². The van der Waals surface area contributed by atoms with E-state index in [9.17, 15) is 19.6 Å². The molecule has 0 aliphatic carbocycles. The van der Waals surface area contributed by atoms with Gasteiger partial charge in [-0.1, -0.05) is 13.8 Å². The molecular weight excluding hydrogens is 227 g/mol. The molecule has 0 saturated carbocycles. The molecule has 6 heteroatoms. The minimum atomic E-state index is -0.699. The SMILES string of the molecule is CC(C)C(O)CNc1ccc([N+](=O)[O-])cc1F. The lowest BCUT2D eigenvalue weighted by Crippen LogP contribution is -2.25. The van der Waals surface area contributed by atoms with E-state index >= 15 is 0 Å². The third-order valence-electron chi connectivity index (χ3n) is 2.43. The van der Waals surface area contributed by atoms with Gasteiger partial charge >= 0.3 is 0 Å². The Labute approximate surface area is 98.4 Å². The Hall–Kier alpha value is -1.69.